The Balaban J connectivity index is 1.84. The summed E-state index contributed by atoms with van der Waals surface area (Å²) in [5.41, 5.74) is 2.48. The van der Waals surface area contributed by atoms with E-state index in [0.717, 1.165) is 36.7 Å². The molecule has 0 saturated heterocycles. The second-order valence-electron chi connectivity index (χ2n) is 4.95. The summed E-state index contributed by atoms with van der Waals surface area (Å²) < 4.78 is 5.58. The molecule has 1 aromatic carbocycles. The molecule has 102 valence electrons. The van der Waals surface area contributed by atoms with Gasteiger partial charge in [-0.15, -0.1) is 0 Å². The molecular formula is C16H22N2O. The van der Waals surface area contributed by atoms with Gasteiger partial charge in [-0.2, -0.15) is 0 Å². The standard InChI is InChI=1S/C16H22N2O/c1-13-7-8-16(19-13)9-10-18(3)12-14-5-4-6-15(11-14)17-2/h4-8,11,17H,9-10,12H2,1-3H3. The second kappa shape index (κ2) is 6.43. The maximum absolute atomic E-state index is 5.58. The Labute approximate surface area is 115 Å². The van der Waals surface area contributed by atoms with Crippen LogP contribution in [0.15, 0.2) is 40.8 Å². The number of nitrogens with zero attached hydrogens (tertiary/aromatic N) is 1. The van der Waals surface area contributed by atoms with E-state index in [0.29, 0.717) is 0 Å². The van der Waals surface area contributed by atoms with Gasteiger partial charge in [-0.3, -0.25) is 0 Å². The van der Waals surface area contributed by atoms with Crippen molar-refractivity contribution in [2.75, 3.05) is 26.0 Å². The first kappa shape index (κ1) is 13.7. The van der Waals surface area contributed by atoms with E-state index in [-0.39, 0.29) is 0 Å². The Hall–Kier alpha value is -1.74. The van der Waals surface area contributed by atoms with Crippen LogP contribution in [0, 0.1) is 6.92 Å². The van der Waals surface area contributed by atoms with Gasteiger partial charge in [-0.25, -0.2) is 0 Å². The van der Waals surface area contributed by atoms with E-state index in [1.165, 1.54) is 5.56 Å². The van der Waals surface area contributed by atoms with Crippen molar-refractivity contribution in [3.8, 4) is 0 Å². The topological polar surface area (TPSA) is 28.4 Å². The molecule has 0 atom stereocenters. The van der Waals surface area contributed by atoms with Gasteiger partial charge in [0.1, 0.15) is 11.5 Å². The van der Waals surface area contributed by atoms with Gasteiger partial charge in [0.15, 0.2) is 0 Å². The SMILES string of the molecule is CNc1cccc(CN(C)CCc2ccc(C)o2)c1. The molecule has 0 aliphatic heterocycles. The lowest BCUT2D eigenvalue weighted by Gasteiger charge is -2.16. The van der Waals surface area contributed by atoms with Crippen LogP contribution in [0.3, 0.4) is 0 Å². The van der Waals surface area contributed by atoms with Crippen LogP contribution in [0.25, 0.3) is 0 Å². The molecule has 0 saturated carbocycles. The molecule has 3 heteroatoms. The third-order valence-electron chi connectivity index (χ3n) is 3.20. The van der Waals surface area contributed by atoms with Crippen molar-refractivity contribution < 1.29 is 4.42 Å². The van der Waals surface area contributed by atoms with Gasteiger partial charge < -0.3 is 14.6 Å². The van der Waals surface area contributed by atoms with E-state index in [9.17, 15) is 0 Å². The largest absolute Gasteiger partial charge is 0.466 e. The monoisotopic (exact) mass is 258 g/mol. The minimum absolute atomic E-state index is 0.954. The van der Waals surface area contributed by atoms with E-state index in [4.69, 9.17) is 4.42 Å². The Morgan fingerprint density at radius 1 is 1.21 bits per heavy atom. The van der Waals surface area contributed by atoms with Crippen molar-refractivity contribution in [1.29, 1.82) is 0 Å². The van der Waals surface area contributed by atoms with Crippen molar-refractivity contribution in [3.05, 3.63) is 53.5 Å². The molecule has 3 nitrogen and oxygen atoms in total. The minimum atomic E-state index is 0.954. The molecule has 0 unspecified atom stereocenters. The molecule has 1 N–H and O–H groups in total. The lowest BCUT2D eigenvalue weighted by molar-refractivity contribution is 0.319. The van der Waals surface area contributed by atoms with Gasteiger partial charge in [0.2, 0.25) is 0 Å². The van der Waals surface area contributed by atoms with Crippen molar-refractivity contribution in [1.82, 2.24) is 4.90 Å². The number of hydrogen-bond acceptors (Lipinski definition) is 3. The maximum Gasteiger partial charge on any atom is 0.105 e. The number of likely N-dealkylation sites (N-methyl/N-ethyl adjacent to an activating group) is 1. The van der Waals surface area contributed by atoms with Gasteiger partial charge in [0.05, 0.1) is 0 Å². The highest BCUT2D eigenvalue weighted by atomic mass is 16.3. The van der Waals surface area contributed by atoms with Gasteiger partial charge in [0, 0.05) is 32.2 Å². The number of rotatable bonds is 6. The van der Waals surface area contributed by atoms with E-state index >= 15 is 0 Å². The fourth-order valence-corrected chi connectivity index (χ4v) is 2.14. The van der Waals surface area contributed by atoms with Gasteiger partial charge >= 0.3 is 0 Å². The zero-order chi connectivity index (χ0) is 13.7. The van der Waals surface area contributed by atoms with Crippen molar-refractivity contribution in [2.24, 2.45) is 0 Å². The first-order chi connectivity index (χ1) is 9.17. The summed E-state index contributed by atoms with van der Waals surface area (Å²) in [6, 6.07) is 12.6. The molecule has 0 aliphatic rings. The summed E-state index contributed by atoms with van der Waals surface area (Å²) in [6.07, 6.45) is 0.954. The van der Waals surface area contributed by atoms with Gasteiger partial charge in [0.25, 0.3) is 0 Å². The molecule has 19 heavy (non-hydrogen) atoms. The molecule has 2 rings (SSSR count). The number of anilines is 1. The van der Waals surface area contributed by atoms with Crippen LogP contribution in [-0.2, 0) is 13.0 Å². The minimum Gasteiger partial charge on any atom is -0.466 e. The summed E-state index contributed by atoms with van der Waals surface area (Å²) in [6.45, 7) is 3.93. The van der Waals surface area contributed by atoms with E-state index in [1.54, 1.807) is 0 Å². The van der Waals surface area contributed by atoms with Crippen molar-refractivity contribution in [2.45, 2.75) is 19.9 Å². The summed E-state index contributed by atoms with van der Waals surface area (Å²) in [5.74, 6) is 2.05. The third-order valence-corrected chi connectivity index (χ3v) is 3.20. The number of nitrogens with one attached hydrogen (secondary N) is 1. The molecular weight excluding hydrogens is 236 g/mol. The van der Waals surface area contributed by atoms with Crippen molar-refractivity contribution >= 4 is 5.69 Å². The highest BCUT2D eigenvalue weighted by Gasteiger charge is 2.04. The highest BCUT2D eigenvalue weighted by molar-refractivity contribution is 5.44. The Morgan fingerprint density at radius 3 is 2.74 bits per heavy atom. The third kappa shape index (κ3) is 4.14. The fourth-order valence-electron chi connectivity index (χ4n) is 2.14. The van der Waals surface area contributed by atoms with Crippen LogP contribution in [-0.4, -0.2) is 25.5 Å². The van der Waals surface area contributed by atoms with Gasteiger partial charge in [-0.05, 0) is 43.8 Å². The molecule has 2 aromatic rings. The first-order valence-corrected chi connectivity index (χ1v) is 6.68. The van der Waals surface area contributed by atoms with Crippen molar-refractivity contribution in [3.63, 3.8) is 0 Å². The van der Waals surface area contributed by atoms with Crippen LogP contribution in [0.5, 0.6) is 0 Å². The number of aryl methyl sites for hydroxylation is 1. The Kier molecular flexibility index (Phi) is 4.63. The van der Waals surface area contributed by atoms with E-state index in [2.05, 4.69) is 47.6 Å². The number of benzene rings is 1. The number of furan rings is 1. The quantitative estimate of drug-likeness (QED) is 0.861. The first-order valence-electron chi connectivity index (χ1n) is 6.68. The predicted molar refractivity (Wildman–Crippen MR) is 79.5 cm³/mol. The Morgan fingerprint density at radius 2 is 2.05 bits per heavy atom. The van der Waals surface area contributed by atoms with Crippen LogP contribution in [0.4, 0.5) is 5.69 Å². The lowest BCUT2D eigenvalue weighted by atomic mass is 10.2. The second-order valence-corrected chi connectivity index (χ2v) is 4.95. The molecule has 0 spiro atoms. The lowest BCUT2D eigenvalue weighted by Crippen LogP contribution is -2.20. The van der Waals surface area contributed by atoms with Crippen LogP contribution >= 0.6 is 0 Å². The Bertz CT molecular complexity index is 519. The summed E-state index contributed by atoms with van der Waals surface area (Å²) in [4.78, 5) is 2.31. The number of hydrogen-bond donors (Lipinski definition) is 1. The maximum atomic E-state index is 5.58. The molecule has 1 heterocycles. The molecule has 0 amide bonds. The average Bonchev–Trinajstić information content (AvgIpc) is 2.82. The van der Waals surface area contributed by atoms with Crippen LogP contribution < -0.4 is 5.32 Å². The molecule has 1 aromatic heterocycles. The van der Waals surface area contributed by atoms with Crippen LogP contribution in [0.2, 0.25) is 0 Å². The zero-order valence-corrected chi connectivity index (χ0v) is 11.9. The van der Waals surface area contributed by atoms with E-state index < -0.39 is 0 Å². The smallest absolute Gasteiger partial charge is 0.105 e. The molecule has 0 radical (unpaired) electrons. The van der Waals surface area contributed by atoms with Crippen LogP contribution in [0.1, 0.15) is 17.1 Å². The zero-order valence-electron chi connectivity index (χ0n) is 11.9. The van der Waals surface area contributed by atoms with E-state index in [1.807, 2.05) is 20.0 Å². The normalized spacial score (nSPS) is 10.9. The summed E-state index contributed by atoms with van der Waals surface area (Å²) >= 11 is 0. The summed E-state index contributed by atoms with van der Waals surface area (Å²) in [5, 5.41) is 3.17. The van der Waals surface area contributed by atoms with Gasteiger partial charge in [-0.1, -0.05) is 12.1 Å². The summed E-state index contributed by atoms with van der Waals surface area (Å²) in [7, 11) is 4.09. The predicted octanol–water partition coefficient (Wildman–Crippen LogP) is 3.30. The fraction of sp³-hybridized carbons (Fsp3) is 0.375. The average molecular weight is 258 g/mol. The molecule has 0 fully saturated rings. The molecule has 0 aliphatic carbocycles. The highest BCUT2D eigenvalue weighted by Crippen LogP contribution is 2.12. The molecule has 0 bridgehead atoms.